The van der Waals surface area contributed by atoms with Gasteiger partial charge in [-0.1, -0.05) is 45.9 Å². The Balaban J connectivity index is 0.000000730. The molecule has 2 heterocycles. The number of hydrogen-bond acceptors (Lipinski definition) is 3. The number of nitrogens with zero attached hydrogens (tertiary/aromatic N) is 1. The SMILES string of the molecule is CC.CC.NCC1OCc2c(-c3ccnc(C(F)(F)F)c3)cccc21. The van der Waals surface area contributed by atoms with Crippen LogP contribution in [0.5, 0.6) is 0 Å². The number of ether oxygens (including phenoxy) is 1. The van der Waals surface area contributed by atoms with Crippen LogP contribution in [0, 0.1) is 0 Å². The summed E-state index contributed by atoms with van der Waals surface area (Å²) >= 11 is 0. The molecule has 3 rings (SSSR count). The molecular formula is C19H25F3N2O. The van der Waals surface area contributed by atoms with Gasteiger partial charge in [0.2, 0.25) is 0 Å². The largest absolute Gasteiger partial charge is 0.433 e. The van der Waals surface area contributed by atoms with Gasteiger partial charge in [0.15, 0.2) is 0 Å². The molecule has 1 aromatic carbocycles. The number of fused-ring (bicyclic) bond motifs is 1. The highest BCUT2D eigenvalue weighted by Crippen LogP contribution is 2.38. The predicted octanol–water partition coefficient (Wildman–Crippen LogP) is 5.35. The molecule has 0 saturated carbocycles. The molecule has 0 radical (unpaired) electrons. The molecule has 0 spiro atoms. The molecule has 1 aliphatic heterocycles. The monoisotopic (exact) mass is 354 g/mol. The van der Waals surface area contributed by atoms with Crippen molar-refractivity contribution >= 4 is 0 Å². The molecule has 2 aromatic rings. The molecule has 0 saturated heterocycles. The van der Waals surface area contributed by atoms with Crippen LogP contribution in [0.3, 0.4) is 0 Å². The maximum Gasteiger partial charge on any atom is 0.433 e. The number of pyridine rings is 1. The van der Waals surface area contributed by atoms with Gasteiger partial charge in [-0.15, -0.1) is 0 Å². The molecule has 0 aliphatic carbocycles. The lowest BCUT2D eigenvalue weighted by Crippen LogP contribution is -2.10. The summed E-state index contributed by atoms with van der Waals surface area (Å²) in [6, 6.07) is 8.12. The maximum absolute atomic E-state index is 12.8. The third-order valence-corrected chi connectivity index (χ3v) is 3.56. The number of halogens is 3. The van der Waals surface area contributed by atoms with Gasteiger partial charge in [-0.3, -0.25) is 4.98 Å². The van der Waals surface area contributed by atoms with E-state index in [4.69, 9.17) is 10.5 Å². The molecule has 138 valence electrons. The van der Waals surface area contributed by atoms with E-state index < -0.39 is 11.9 Å². The molecule has 1 atom stereocenters. The molecule has 6 heteroatoms. The van der Waals surface area contributed by atoms with Gasteiger partial charge < -0.3 is 10.5 Å². The van der Waals surface area contributed by atoms with Crippen LogP contribution >= 0.6 is 0 Å². The Kier molecular flexibility index (Phi) is 8.06. The highest BCUT2D eigenvalue weighted by atomic mass is 19.4. The van der Waals surface area contributed by atoms with Crippen LogP contribution in [0.4, 0.5) is 13.2 Å². The van der Waals surface area contributed by atoms with Gasteiger partial charge in [0.05, 0.1) is 12.7 Å². The molecule has 1 aromatic heterocycles. The van der Waals surface area contributed by atoms with Gasteiger partial charge in [0, 0.05) is 12.7 Å². The quantitative estimate of drug-likeness (QED) is 0.791. The average molecular weight is 354 g/mol. The Morgan fingerprint density at radius 3 is 2.44 bits per heavy atom. The molecular weight excluding hydrogens is 329 g/mol. The van der Waals surface area contributed by atoms with Crippen molar-refractivity contribution in [1.29, 1.82) is 0 Å². The minimum absolute atomic E-state index is 0.191. The summed E-state index contributed by atoms with van der Waals surface area (Å²) in [5.74, 6) is 0. The first-order valence-electron chi connectivity index (χ1n) is 8.48. The standard InChI is InChI=1S/C15H13F3N2O.2C2H6/c16-15(17,18)14-6-9(4-5-20-14)10-2-1-3-11-12(10)8-21-13(11)7-19;2*1-2/h1-6,13H,7-8,19H2;2*1-2H3. The van der Waals surface area contributed by atoms with Crippen LogP contribution in [-0.2, 0) is 17.5 Å². The molecule has 1 unspecified atom stereocenters. The Bertz CT molecular complexity index is 672. The van der Waals surface area contributed by atoms with E-state index in [1.165, 1.54) is 6.20 Å². The van der Waals surface area contributed by atoms with Crippen LogP contribution in [0.15, 0.2) is 36.5 Å². The van der Waals surface area contributed by atoms with Crippen molar-refractivity contribution in [3.05, 3.63) is 53.3 Å². The number of benzene rings is 1. The fraction of sp³-hybridized carbons (Fsp3) is 0.421. The van der Waals surface area contributed by atoms with E-state index in [1.807, 2.05) is 33.8 Å². The van der Waals surface area contributed by atoms with E-state index in [0.29, 0.717) is 18.7 Å². The molecule has 25 heavy (non-hydrogen) atoms. The lowest BCUT2D eigenvalue weighted by molar-refractivity contribution is -0.141. The minimum atomic E-state index is -4.45. The van der Waals surface area contributed by atoms with Crippen LogP contribution in [0.2, 0.25) is 0 Å². The average Bonchev–Trinajstić information content (AvgIpc) is 3.08. The topological polar surface area (TPSA) is 48.1 Å². The summed E-state index contributed by atoms with van der Waals surface area (Å²) in [4.78, 5) is 3.38. The Labute approximate surface area is 147 Å². The molecule has 0 fully saturated rings. The van der Waals surface area contributed by atoms with E-state index in [2.05, 4.69) is 4.98 Å². The molecule has 2 N–H and O–H groups in total. The zero-order valence-corrected chi connectivity index (χ0v) is 15.0. The van der Waals surface area contributed by atoms with E-state index in [1.54, 1.807) is 18.2 Å². The van der Waals surface area contributed by atoms with Crippen LogP contribution in [0.1, 0.15) is 50.6 Å². The second-order valence-electron chi connectivity index (χ2n) is 4.84. The molecule has 0 bridgehead atoms. The highest BCUT2D eigenvalue weighted by molar-refractivity contribution is 5.69. The third kappa shape index (κ3) is 4.80. The van der Waals surface area contributed by atoms with Crippen LogP contribution < -0.4 is 5.73 Å². The number of rotatable bonds is 2. The van der Waals surface area contributed by atoms with E-state index in [9.17, 15) is 13.2 Å². The van der Waals surface area contributed by atoms with Gasteiger partial charge >= 0.3 is 6.18 Å². The molecule has 3 nitrogen and oxygen atoms in total. The van der Waals surface area contributed by atoms with Crippen molar-refractivity contribution in [2.24, 2.45) is 5.73 Å². The minimum Gasteiger partial charge on any atom is -0.367 e. The molecule has 1 aliphatic rings. The lowest BCUT2D eigenvalue weighted by Gasteiger charge is -2.11. The van der Waals surface area contributed by atoms with Gasteiger partial charge in [-0.05, 0) is 34.4 Å². The van der Waals surface area contributed by atoms with Crippen molar-refractivity contribution in [2.45, 2.75) is 46.6 Å². The van der Waals surface area contributed by atoms with E-state index in [-0.39, 0.29) is 6.10 Å². The predicted molar refractivity (Wildman–Crippen MR) is 94.0 cm³/mol. The van der Waals surface area contributed by atoms with Gasteiger partial charge in [-0.25, -0.2) is 0 Å². The second kappa shape index (κ2) is 9.53. The van der Waals surface area contributed by atoms with Gasteiger partial charge in [0.25, 0.3) is 0 Å². The normalized spacial score (nSPS) is 15.4. The van der Waals surface area contributed by atoms with E-state index in [0.717, 1.165) is 22.8 Å². The molecule has 0 amide bonds. The number of aromatic nitrogens is 1. The third-order valence-electron chi connectivity index (χ3n) is 3.56. The summed E-state index contributed by atoms with van der Waals surface area (Å²) in [5, 5.41) is 0. The van der Waals surface area contributed by atoms with Crippen molar-refractivity contribution in [3.8, 4) is 11.1 Å². The first-order valence-corrected chi connectivity index (χ1v) is 8.48. The van der Waals surface area contributed by atoms with Crippen molar-refractivity contribution < 1.29 is 17.9 Å². The summed E-state index contributed by atoms with van der Waals surface area (Å²) in [5.41, 5.74) is 7.79. The maximum atomic E-state index is 12.8. The zero-order valence-electron chi connectivity index (χ0n) is 15.0. The summed E-state index contributed by atoms with van der Waals surface area (Å²) in [6.07, 6.45) is -3.47. The number of alkyl halides is 3. The summed E-state index contributed by atoms with van der Waals surface area (Å²) in [7, 11) is 0. The zero-order chi connectivity index (χ0) is 19.0. The van der Waals surface area contributed by atoms with Crippen molar-refractivity contribution in [2.75, 3.05) is 6.54 Å². The van der Waals surface area contributed by atoms with Crippen molar-refractivity contribution in [1.82, 2.24) is 4.98 Å². The second-order valence-corrected chi connectivity index (χ2v) is 4.84. The lowest BCUT2D eigenvalue weighted by atomic mass is 9.95. The summed E-state index contributed by atoms with van der Waals surface area (Å²) in [6.45, 7) is 8.71. The smallest absolute Gasteiger partial charge is 0.367 e. The van der Waals surface area contributed by atoms with E-state index >= 15 is 0 Å². The fourth-order valence-corrected chi connectivity index (χ4v) is 2.56. The Hall–Kier alpha value is -1.92. The Morgan fingerprint density at radius 1 is 1.16 bits per heavy atom. The van der Waals surface area contributed by atoms with Gasteiger partial charge in [-0.2, -0.15) is 13.2 Å². The van der Waals surface area contributed by atoms with Gasteiger partial charge in [0.1, 0.15) is 5.69 Å². The number of nitrogens with two attached hydrogens (primary N) is 1. The fourth-order valence-electron chi connectivity index (χ4n) is 2.56. The van der Waals surface area contributed by atoms with Crippen LogP contribution in [-0.4, -0.2) is 11.5 Å². The summed E-state index contributed by atoms with van der Waals surface area (Å²) < 4.78 is 43.9. The Morgan fingerprint density at radius 2 is 1.84 bits per heavy atom. The van der Waals surface area contributed by atoms with Crippen LogP contribution in [0.25, 0.3) is 11.1 Å². The van der Waals surface area contributed by atoms with Crippen molar-refractivity contribution in [3.63, 3.8) is 0 Å². The highest BCUT2D eigenvalue weighted by Gasteiger charge is 2.33. The first kappa shape index (κ1) is 21.1. The first-order chi connectivity index (χ1) is 12.0. The number of hydrogen-bond donors (Lipinski definition) is 1.